The zero-order valence-electron chi connectivity index (χ0n) is 19.0. The molecule has 1 fully saturated rings. The van der Waals surface area contributed by atoms with Crippen molar-refractivity contribution in [2.24, 2.45) is 11.7 Å². The number of nitrogens with two attached hydrogens (primary N) is 1. The van der Waals surface area contributed by atoms with Crippen molar-refractivity contribution in [1.82, 2.24) is 19.9 Å². The highest BCUT2D eigenvalue weighted by atomic mass is 16.1. The summed E-state index contributed by atoms with van der Waals surface area (Å²) >= 11 is 0. The van der Waals surface area contributed by atoms with Crippen molar-refractivity contribution in [3.63, 3.8) is 0 Å². The Morgan fingerprint density at radius 3 is 2.62 bits per heavy atom. The van der Waals surface area contributed by atoms with E-state index in [1.807, 2.05) is 12.1 Å². The predicted molar refractivity (Wildman–Crippen MR) is 130 cm³/mol. The summed E-state index contributed by atoms with van der Waals surface area (Å²) in [5.74, 6) is 2.44. The summed E-state index contributed by atoms with van der Waals surface area (Å²) in [6, 6.07) is 11.5. The molecule has 0 unspecified atom stereocenters. The number of carbonyl (C=O) groups excluding carboxylic acids is 1. The summed E-state index contributed by atoms with van der Waals surface area (Å²) in [5, 5.41) is 6.04. The molecule has 4 N–H and O–H groups in total. The molecule has 170 valence electrons. The van der Waals surface area contributed by atoms with Crippen molar-refractivity contribution < 1.29 is 4.79 Å². The second-order valence-electron chi connectivity index (χ2n) is 8.41. The zero-order valence-corrected chi connectivity index (χ0v) is 19.0. The Hall–Kier alpha value is -3.13. The highest BCUT2D eigenvalue weighted by molar-refractivity contribution is 5.94. The summed E-state index contributed by atoms with van der Waals surface area (Å²) in [5.41, 5.74) is 9.02. The van der Waals surface area contributed by atoms with E-state index in [1.54, 1.807) is 19.2 Å². The Morgan fingerprint density at radius 2 is 1.97 bits per heavy atom. The number of fused-ring (bicyclic) bond motifs is 1. The number of nitrogens with zero attached hydrogens (tertiary/aromatic N) is 4. The normalized spacial score (nSPS) is 13.3. The summed E-state index contributed by atoms with van der Waals surface area (Å²) in [7, 11) is 1.63. The topological polar surface area (TPSA) is 101 Å². The third kappa shape index (κ3) is 5.02. The molecule has 4 rings (SSSR count). The van der Waals surface area contributed by atoms with Crippen LogP contribution < -0.4 is 21.3 Å². The van der Waals surface area contributed by atoms with Gasteiger partial charge in [-0.25, -0.2) is 9.97 Å². The number of aryl methyl sites for hydroxylation is 1. The van der Waals surface area contributed by atoms with Crippen LogP contribution in [0.5, 0.6) is 0 Å². The van der Waals surface area contributed by atoms with Crippen molar-refractivity contribution in [1.29, 1.82) is 0 Å². The number of anilines is 3. The molecule has 1 aliphatic carbocycles. The monoisotopic (exact) mass is 435 g/mol. The molecule has 1 saturated carbocycles. The van der Waals surface area contributed by atoms with Crippen LogP contribution in [0.15, 0.2) is 36.4 Å². The number of pyridine rings is 1. The lowest BCUT2D eigenvalue weighted by molar-refractivity contribution is 0.0963. The Morgan fingerprint density at radius 1 is 1.19 bits per heavy atom. The highest BCUT2D eigenvalue weighted by Crippen LogP contribution is 2.32. The van der Waals surface area contributed by atoms with Gasteiger partial charge in [-0.2, -0.15) is 0 Å². The van der Waals surface area contributed by atoms with Gasteiger partial charge in [0.2, 0.25) is 5.95 Å². The summed E-state index contributed by atoms with van der Waals surface area (Å²) in [4.78, 5) is 24.0. The fourth-order valence-electron chi connectivity index (χ4n) is 3.88. The second kappa shape index (κ2) is 9.99. The first-order valence-corrected chi connectivity index (χ1v) is 11.5. The number of aromatic nitrogens is 3. The molecule has 0 bridgehead atoms. The lowest BCUT2D eigenvalue weighted by Gasteiger charge is -2.23. The highest BCUT2D eigenvalue weighted by Gasteiger charge is 2.25. The fourth-order valence-corrected chi connectivity index (χ4v) is 3.88. The molecular weight excluding hydrogens is 402 g/mol. The number of nitrogens with one attached hydrogen (secondary N) is 2. The van der Waals surface area contributed by atoms with Gasteiger partial charge >= 0.3 is 0 Å². The maximum Gasteiger partial charge on any atom is 0.251 e. The van der Waals surface area contributed by atoms with E-state index in [4.69, 9.17) is 15.7 Å². The number of amides is 1. The van der Waals surface area contributed by atoms with Crippen LogP contribution in [0.1, 0.15) is 43.0 Å². The molecule has 2 heterocycles. The molecule has 3 aromatic rings. The molecule has 1 amide bonds. The summed E-state index contributed by atoms with van der Waals surface area (Å²) < 4.78 is 2.11. The van der Waals surface area contributed by atoms with Crippen LogP contribution in [-0.4, -0.2) is 47.1 Å². The first-order chi connectivity index (χ1) is 15.6. The van der Waals surface area contributed by atoms with E-state index in [2.05, 4.69) is 39.2 Å². The second-order valence-corrected chi connectivity index (χ2v) is 8.41. The van der Waals surface area contributed by atoms with E-state index in [-0.39, 0.29) is 5.91 Å². The molecule has 0 atom stereocenters. The van der Waals surface area contributed by atoms with Crippen molar-refractivity contribution in [3.05, 3.63) is 42.0 Å². The van der Waals surface area contributed by atoms with Crippen LogP contribution in [0.3, 0.4) is 0 Å². The maximum atomic E-state index is 11.8. The minimum Gasteiger partial charge on any atom is -0.356 e. The third-order valence-electron chi connectivity index (χ3n) is 5.79. The first-order valence-electron chi connectivity index (χ1n) is 11.5. The Kier molecular flexibility index (Phi) is 6.90. The molecule has 0 spiro atoms. The van der Waals surface area contributed by atoms with Crippen molar-refractivity contribution in [3.8, 4) is 0 Å². The Bertz CT molecular complexity index is 1060. The molecular formula is C24H33N7O. The van der Waals surface area contributed by atoms with Gasteiger partial charge in [-0.05, 0) is 74.5 Å². The maximum absolute atomic E-state index is 11.8. The average molecular weight is 436 g/mol. The van der Waals surface area contributed by atoms with Gasteiger partial charge in [0, 0.05) is 37.9 Å². The SMILES string of the molecule is CCCN(CC1CC1)c1ccc2nc(Nc3ccc(C(=O)NC)cc3)n(CCCN)c2n1. The largest absolute Gasteiger partial charge is 0.356 e. The van der Waals surface area contributed by atoms with Gasteiger partial charge in [0.25, 0.3) is 5.91 Å². The lowest BCUT2D eigenvalue weighted by atomic mass is 10.2. The van der Waals surface area contributed by atoms with Crippen LogP contribution in [0.2, 0.25) is 0 Å². The standard InChI is InChI=1S/C24H33N7O/c1-3-14-30(16-17-5-6-17)21-12-11-20-22(29-21)31(15-4-13-25)24(28-20)27-19-9-7-18(8-10-19)23(32)26-2/h7-12,17H,3-6,13-16,25H2,1-2H3,(H,26,32)(H,27,28). The minimum absolute atomic E-state index is 0.105. The number of hydrogen-bond acceptors (Lipinski definition) is 6. The van der Waals surface area contributed by atoms with Gasteiger partial charge in [-0.3, -0.25) is 9.36 Å². The quantitative estimate of drug-likeness (QED) is 0.426. The van der Waals surface area contributed by atoms with Crippen LogP contribution in [-0.2, 0) is 6.54 Å². The molecule has 8 heteroatoms. The Labute approximate surface area is 189 Å². The lowest BCUT2D eigenvalue weighted by Crippen LogP contribution is -2.27. The Balaban J connectivity index is 1.64. The van der Waals surface area contributed by atoms with Gasteiger partial charge in [-0.15, -0.1) is 0 Å². The molecule has 1 aromatic carbocycles. The van der Waals surface area contributed by atoms with Crippen LogP contribution in [0.4, 0.5) is 17.5 Å². The molecule has 0 radical (unpaired) electrons. The van der Waals surface area contributed by atoms with Gasteiger partial charge in [0.15, 0.2) is 5.65 Å². The average Bonchev–Trinajstić information content (AvgIpc) is 3.57. The number of hydrogen-bond donors (Lipinski definition) is 3. The van der Waals surface area contributed by atoms with Crippen LogP contribution >= 0.6 is 0 Å². The number of benzene rings is 1. The predicted octanol–water partition coefficient (Wildman–Crippen LogP) is 3.51. The summed E-state index contributed by atoms with van der Waals surface area (Å²) in [6.07, 6.45) is 4.58. The first kappa shape index (κ1) is 22.1. The number of carbonyl (C=O) groups is 1. The van der Waals surface area contributed by atoms with E-state index in [1.165, 1.54) is 12.8 Å². The molecule has 1 aliphatic rings. The van der Waals surface area contributed by atoms with Crippen LogP contribution in [0, 0.1) is 5.92 Å². The molecule has 32 heavy (non-hydrogen) atoms. The molecule has 0 aliphatic heterocycles. The smallest absolute Gasteiger partial charge is 0.251 e. The summed E-state index contributed by atoms with van der Waals surface area (Å²) in [6.45, 7) is 5.63. The van der Waals surface area contributed by atoms with Crippen LogP contribution in [0.25, 0.3) is 11.2 Å². The molecule has 0 saturated heterocycles. The van der Waals surface area contributed by atoms with E-state index < -0.39 is 0 Å². The third-order valence-corrected chi connectivity index (χ3v) is 5.79. The van der Waals surface area contributed by atoms with E-state index in [9.17, 15) is 4.79 Å². The van der Waals surface area contributed by atoms with Gasteiger partial charge in [-0.1, -0.05) is 6.92 Å². The number of rotatable bonds is 11. The van der Waals surface area contributed by atoms with Gasteiger partial charge in [0.05, 0.1) is 0 Å². The number of imidazole rings is 1. The minimum atomic E-state index is -0.105. The fraction of sp³-hybridized carbons (Fsp3) is 0.458. The van der Waals surface area contributed by atoms with E-state index >= 15 is 0 Å². The van der Waals surface area contributed by atoms with Gasteiger partial charge < -0.3 is 21.3 Å². The molecule has 2 aromatic heterocycles. The zero-order chi connectivity index (χ0) is 22.5. The van der Waals surface area contributed by atoms with Gasteiger partial charge in [0.1, 0.15) is 11.3 Å². The van der Waals surface area contributed by atoms with Crippen molar-refractivity contribution >= 4 is 34.5 Å². The molecule has 8 nitrogen and oxygen atoms in total. The van der Waals surface area contributed by atoms with E-state index in [0.29, 0.717) is 12.1 Å². The van der Waals surface area contributed by atoms with Crippen molar-refractivity contribution in [2.45, 2.75) is 39.2 Å². The van der Waals surface area contributed by atoms with Crippen molar-refractivity contribution in [2.75, 3.05) is 36.9 Å². The van der Waals surface area contributed by atoms with E-state index in [0.717, 1.165) is 67.0 Å².